The van der Waals surface area contributed by atoms with Crippen LogP contribution >= 0.6 is 0 Å². The fourth-order valence-corrected chi connectivity index (χ4v) is 7.44. The lowest BCUT2D eigenvalue weighted by Gasteiger charge is -2.17. The predicted molar refractivity (Wildman–Crippen MR) is 200 cm³/mol. The average Bonchev–Trinajstić information content (AvgIpc) is 3.70. The number of aromatic nitrogens is 2. The standard InChI is InChI=1S/C45H25N5/c46-26-29-17-23-44-39(24-29)37-10-3-4-13-41(37)49(44)32-20-18-31(19-21-32)33-11-7-12-34(40(33)28-48)38-22-16-30(27-47)25-45(38)50-42-14-5-1-8-35(42)36-9-2-6-15-43(36)50/h1-25H. The second kappa shape index (κ2) is 11.4. The molecule has 50 heavy (non-hydrogen) atoms. The summed E-state index contributed by atoms with van der Waals surface area (Å²) in [5, 5.41) is 34.6. The number of rotatable bonds is 4. The minimum atomic E-state index is 0.546. The van der Waals surface area contributed by atoms with Crippen LogP contribution in [0.5, 0.6) is 0 Å². The molecule has 2 aromatic heterocycles. The van der Waals surface area contributed by atoms with Crippen molar-refractivity contribution in [1.82, 2.24) is 9.13 Å². The van der Waals surface area contributed by atoms with Gasteiger partial charge in [0.05, 0.1) is 56.6 Å². The number of para-hydroxylation sites is 3. The van der Waals surface area contributed by atoms with Crippen LogP contribution in [0.25, 0.3) is 77.2 Å². The molecular formula is C45H25N5. The highest BCUT2D eigenvalue weighted by molar-refractivity contribution is 6.11. The summed E-state index contributed by atoms with van der Waals surface area (Å²) < 4.78 is 4.42. The summed E-state index contributed by atoms with van der Waals surface area (Å²) in [6, 6.07) is 57.7. The Morgan fingerprint density at radius 3 is 1.56 bits per heavy atom. The van der Waals surface area contributed by atoms with E-state index in [4.69, 9.17) is 0 Å². The van der Waals surface area contributed by atoms with E-state index in [1.165, 1.54) is 0 Å². The molecule has 0 spiro atoms. The number of nitriles is 3. The van der Waals surface area contributed by atoms with Crippen LogP contribution in [-0.2, 0) is 0 Å². The van der Waals surface area contributed by atoms with E-state index >= 15 is 0 Å². The van der Waals surface area contributed by atoms with Crippen molar-refractivity contribution in [2.45, 2.75) is 0 Å². The molecule has 0 saturated heterocycles. The minimum Gasteiger partial charge on any atom is -0.309 e. The van der Waals surface area contributed by atoms with Gasteiger partial charge in [0.15, 0.2) is 0 Å². The lowest BCUT2D eigenvalue weighted by atomic mass is 9.91. The van der Waals surface area contributed by atoms with Crippen molar-refractivity contribution in [3.63, 3.8) is 0 Å². The monoisotopic (exact) mass is 635 g/mol. The molecule has 0 aliphatic rings. The van der Waals surface area contributed by atoms with Crippen molar-refractivity contribution < 1.29 is 0 Å². The average molecular weight is 636 g/mol. The van der Waals surface area contributed by atoms with Crippen LogP contribution in [0.4, 0.5) is 0 Å². The molecule has 5 nitrogen and oxygen atoms in total. The smallest absolute Gasteiger partial charge is 0.100 e. The maximum atomic E-state index is 10.7. The Kier molecular flexibility index (Phi) is 6.56. The summed E-state index contributed by atoms with van der Waals surface area (Å²) in [5.74, 6) is 0. The molecule has 2 heterocycles. The van der Waals surface area contributed by atoms with Gasteiger partial charge in [-0.15, -0.1) is 0 Å². The summed E-state index contributed by atoms with van der Waals surface area (Å²) in [6.07, 6.45) is 0. The Bertz CT molecular complexity index is 2900. The molecule has 0 radical (unpaired) electrons. The quantitative estimate of drug-likeness (QED) is 0.193. The Labute approximate surface area is 287 Å². The summed E-state index contributed by atoms with van der Waals surface area (Å²) >= 11 is 0. The summed E-state index contributed by atoms with van der Waals surface area (Å²) in [6.45, 7) is 0. The Morgan fingerprint density at radius 1 is 0.380 bits per heavy atom. The van der Waals surface area contributed by atoms with Crippen LogP contribution in [0.2, 0.25) is 0 Å². The number of nitrogens with zero attached hydrogens (tertiary/aromatic N) is 5. The van der Waals surface area contributed by atoms with E-state index in [1.807, 2.05) is 91.0 Å². The van der Waals surface area contributed by atoms with Crippen molar-refractivity contribution in [3.05, 3.63) is 168 Å². The minimum absolute atomic E-state index is 0.546. The first kappa shape index (κ1) is 28.8. The Hall–Kier alpha value is -7.39. The molecule has 0 saturated carbocycles. The van der Waals surface area contributed by atoms with E-state index in [0.29, 0.717) is 16.7 Å². The number of hydrogen-bond donors (Lipinski definition) is 0. The molecule has 0 unspecified atom stereocenters. The summed E-state index contributed by atoms with van der Waals surface area (Å²) in [4.78, 5) is 0. The zero-order valence-corrected chi connectivity index (χ0v) is 26.7. The van der Waals surface area contributed by atoms with E-state index in [-0.39, 0.29) is 0 Å². The van der Waals surface area contributed by atoms with Crippen molar-refractivity contribution >= 4 is 43.6 Å². The Morgan fingerprint density at radius 2 is 0.920 bits per heavy atom. The number of fused-ring (bicyclic) bond motifs is 6. The molecule has 230 valence electrons. The highest BCUT2D eigenvalue weighted by Gasteiger charge is 2.20. The second-order valence-electron chi connectivity index (χ2n) is 12.3. The van der Waals surface area contributed by atoms with E-state index in [1.54, 1.807) is 0 Å². The SMILES string of the molecule is N#Cc1ccc(-c2cccc(-c3ccc(-n4c5ccccc5c5cc(C#N)ccc54)cc3)c2C#N)c(-n2c3ccccc3c3ccccc32)c1. The molecule has 0 N–H and O–H groups in total. The van der Waals surface area contributed by atoms with Crippen LogP contribution in [0.3, 0.4) is 0 Å². The molecular weight excluding hydrogens is 611 g/mol. The maximum absolute atomic E-state index is 10.7. The van der Waals surface area contributed by atoms with Gasteiger partial charge in [0.25, 0.3) is 0 Å². The largest absolute Gasteiger partial charge is 0.309 e. The normalized spacial score (nSPS) is 11.1. The van der Waals surface area contributed by atoms with Gasteiger partial charge in [-0.1, -0.05) is 91.0 Å². The number of hydrogen-bond acceptors (Lipinski definition) is 3. The first-order valence-electron chi connectivity index (χ1n) is 16.3. The maximum Gasteiger partial charge on any atom is 0.100 e. The lowest BCUT2D eigenvalue weighted by Crippen LogP contribution is -2.00. The van der Waals surface area contributed by atoms with Gasteiger partial charge in [0.2, 0.25) is 0 Å². The summed E-state index contributed by atoms with van der Waals surface area (Å²) in [7, 11) is 0. The molecule has 0 aliphatic heterocycles. The van der Waals surface area contributed by atoms with Gasteiger partial charge in [0.1, 0.15) is 6.07 Å². The molecule has 0 bridgehead atoms. The predicted octanol–water partition coefficient (Wildman–Crippen LogP) is 10.8. The van der Waals surface area contributed by atoms with E-state index < -0.39 is 0 Å². The third-order valence-corrected chi connectivity index (χ3v) is 9.65. The fourth-order valence-electron chi connectivity index (χ4n) is 7.44. The zero-order valence-electron chi connectivity index (χ0n) is 26.7. The van der Waals surface area contributed by atoms with Gasteiger partial charge < -0.3 is 9.13 Å². The highest BCUT2D eigenvalue weighted by Crippen LogP contribution is 2.40. The van der Waals surface area contributed by atoms with E-state index in [2.05, 4.69) is 88.0 Å². The molecule has 0 atom stereocenters. The van der Waals surface area contributed by atoms with Crippen molar-refractivity contribution in [2.75, 3.05) is 0 Å². The van der Waals surface area contributed by atoms with Gasteiger partial charge in [-0.25, -0.2) is 0 Å². The van der Waals surface area contributed by atoms with Crippen LogP contribution in [0.1, 0.15) is 16.7 Å². The van der Waals surface area contributed by atoms with Crippen molar-refractivity contribution in [3.8, 4) is 51.8 Å². The topological polar surface area (TPSA) is 81.2 Å². The third kappa shape index (κ3) is 4.31. The van der Waals surface area contributed by atoms with Crippen LogP contribution in [0, 0.1) is 34.0 Å². The Balaban J connectivity index is 1.21. The van der Waals surface area contributed by atoms with E-state index in [9.17, 15) is 15.8 Å². The molecule has 0 aliphatic carbocycles. The summed E-state index contributed by atoms with van der Waals surface area (Å²) in [5.41, 5.74) is 11.1. The first-order chi connectivity index (χ1) is 24.7. The van der Waals surface area contributed by atoms with E-state index in [0.717, 1.165) is 77.2 Å². The fraction of sp³-hybridized carbons (Fsp3) is 0. The van der Waals surface area contributed by atoms with Crippen LogP contribution in [0.15, 0.2) is 152 Å². The molecule has 9 rings (SSSR count). The van der Waals surface area contributed by atoms with Crippen LogP contribution < -0.4 is 0 Å². The van der Waals surface area contributed by atoms with Gasteiger partial charge in [-0.3, -0.25) is 0 Å². The molecule has 5 heteroatoms. The van der Waals surface area contributed by atoms with Gasteiger partial charge in [-0.05, 0) is 66.2 Å². The third-order valence-electron chi connectivity index (χ3n) is 9.65. The molecule has 7 aromatic carbocycles. The molecule has 0 fully saturated rings. The van der Waals surface area contributed by atoms with Crippen molar-refractivity contribution in [2.24, 2.45) is 0 Å². The van der Waals surface area contributed by atoms with Gasteiger partial charge in [-0.2, -0.15) is 15.8 Å². The second-order valence-corrected chi connectivity index (χ2v) is 12.3. The van der Waals surface area contributed by atoms with Crippen molar-refractivity contribution in [1.29, 1.82) is 15.8 Å². The molecule has 0 amide bonds. The van der Waals surface area contributed by atoms with Gasteiger partial charge >= 0.3 is 0 Å². The number of benzene rings is 7. The van der Waals surface area contributed by atoms with Gasteiger partial charge in [0, 0.05) is 43.9 Å². The first-order valence-corrected chi connectivity index (χ1v) is 16.3. The van der Waals surface area contributed by atoms with Crippen LogP contribution in [-0.4, -0.2) is 9.13 Å². The molecule has 9 aromatic rings. The zero-order chi connectivity index (χ0) is 33.8. The lowest BCUT2D eigenvalue weighted by molar-refractivity contribution is 1.18. The highest BCUT2D eigenvalue weighted by atomic mass is 15.0.